The molecule has 0 heterocycles. The summed E-state index contributed by atoms with van der Waals surface area (Å²) in [5, 5.41) is 8.06. The molecule has 0 amide bonds. The Morgan fingerprint density at radius 1 is 1.80 bits per heavy atom. The maximum absolute atomic E-state index is 10.4. The topological polar surface area (TPSA) is 50.1 Å². The molecule has 0 N–H and O–H groups in total. The molecule has 0 radical (unpaired) electrons. The van der Waals surface area contributed by atoms with Crippen LogP contribution in [0, 0.1) is 18.3 Å². The molecule has 3 nitrogen and oxygen atoms in total. The molecule has 0 aromatic heterocycles. The van der Waals surface area contributed by atoms with E-state index in [1.165, 1.54) is 0 Å². The smallest absolute Gasteiger partial charge is 0.345 e. The first-order chi connectivity index (χ1) is 4.22. The Morgan fingerprint density at radius 3 is 2.60 bits per heavy atom. The number of esters is 1. The van der Waals surface area contributed by atoms with Crippen molar-refractivity contribution in [3.63, 3.8) is 0 Å². The molecular weight excluding hydrogens is 385 g/mol. The molecule has 0 aliphatic heterocycles. The van der Waals surface area contributed by atoms with Crippen LogP contribution >= 0.6 is 0 Å². The average molecular weight is 391 g/mol. The minimum absolute atomic E-state index is 0. The number of nitrogens with zero attached hydrogens (tertiary/aromatic N) is 1. The molecule has 0 aromatic carbocycles. The van der Waals surface area contributed by atoms with Crippen LogP contribution in [0.3, 0.4) is 0 Å². The van der Waals surface area contributed by atoms with Crippen molar-refractivity contribution in [2.75, 3.05) is 6.61 Å². The summed E-state index contributed by atoms with van der Waals surface area (Å²) in [5.74, 6) is -0.701. The zero-order chi connectivity index (χ0) is 7.28. The first-order valence-electron chi connectivity index (χ1n) is 2.27. The van der Waals surface area contributed by atoms with E-state index in [0.717, 1.165) is 0 Å². The van der Waals surface area contributed by atoms with Gasteiger partial charge >= 0.3 is 5.97 Å². The van der Waals surface area contributed by atoms with Gasteiger partial charge in [-0.25, -0.2) is 4.79 Å². The van der Waals surface area contributed by atoms with Crippen LogP contribution in [0.25, 0.3) is 0 Å². The Hall–Kier alpha value is -2.30. The monoisotopic (exact) mass is 391 g/mol. The second kappa shape index (κ2) is 4.85. The number of carbonyl (C=O) groups excluding carboxylic acids is 1. The molecule has 0 saturated heterocycles. The summed E-state index contributed by atoms with van der Waals surface area (Å²) >= 11 is 0. The van der Waals surface area contributed by atoms with Crippen LogP contribution in [-0.4, -0.2) is 12.6 Å². The van der Waals surface area contributed by atoms with Crippen LogP contribution < -0.4 is 0 Å². The van der Waals surface area contributed by atoms with Gasteiger partial charge in [-0.05, 0) is 6.61 Å². The van der Waals surface area contributed by atoms with Crippen molar-refractivity contribution in [2.24, 2.45) is 0 Å². The number of nitriles is 1. The summed E-state index contributed by atoms with van der Waals surface area (Å²) in [6, 6.07) is 1.55. The second-order valence-corrected chi connectivity index (χ2v) is 1.23. The third-order valence-electron chi connectivity index (χ3n) is 0.615. The third kappa shape index (κ3) is 2.80. The van der Waals surface area contributed by atoms with Crippen LogP contribution in [0.1, 0.15) is 0 Å². The van der Waals surface area contributed by atoms with Crippen LogP contribution in [0.15, 0.2) is 12.2 Å². The number of ether oxygens (including phenoxy) is 1. The van der Waals surface area contributed by atoms with Crippen molar-refractivity contribution in [3.05, 3.63) is 19.1 Å². The first-order valence-corrected chi connectivity index (χ1v) is 2.27. The quantitative estimate of drug-likeness (QED) is 0.297. The van der Waals surface area contributed by atoms with Crippen LogP contribution in [0.4, 0.5) is 0 Å². The minimum Gasteiger partial charge on any atom is -0.495 e. The summed E-state index contributed by atoms with van der Waals surface area (Å²) in [7, 11) is 0. The molecule has 0 rings (SSSR count). The summed E-state index contributed by atoms with van der Waals surface area (Å²) in [6.45, 7) is 6.40. The zero-order valence-corrected chi connectivity index (χ0v) is 12.0. The fraction of sp³-hybridized carbons (Fsp3) is 0.167. The van der Waals surface area contributed by atoms with Crippen molar-refractivity contribution in [1.29, 1.82) is 5.26 Å². The largest absolute Gasteiger partial charge is 0.495 e. The van der Waals surface area contributed by atoms with Crippen molar-refractivity contribution >= 4 is 5.97 Å². The van der Waals surface area contributed by atoms with Crippen molar-refractivity contribution in [1.82, 2.24) is 0 Å². The second-order valence-electron chi connectivity index (χ2n) is 1.23. The van der Waals surface area contributed by atoms with Crippen molar-refractivity contribution < 1.29 is 9.53 Å². The summed E-state index contributed by atoms with van der Waals surface area (Å²) in [4.78, 5) is 10.4. The molecule has 0 aliphatic rings. The van der Waals surface area contributed by atoms with E-state index in [-0.39, 0.29) is 12.2 Å². The molecule has 0 spiro atoms. The Bertz CT molecular complexity index is 171. The fourth-order valence-electron chi connectivity index (χ4n) is 0.225. The zero-order valence-electron chi connectivity index (χ0n) is 5.59. The predicted octanol–water partition coefficient (Wildman–Crippen LogP) is 0.443. The van der Waals surface area contributed by atoms with Gasteiger partial charge in [-0.15, -0.1) is 0 Å². The number of rotatable bonds is 2. The van der Waals surface area contributed by atoms with E-state index in [2.05, 4.69) is 18.2 Å². The van der Waals surface area contributed by atoms with E-state index in [1.807, 2.05) is 0 Å². The summed E-state index contributed by atoms with van der Waals surface area (Å²) in [6.07, 6.45) is 0. The van der Waals surface area contributed by atoms with E-state index < -0.39 is 5.97 Å². The number of carbonyl (C=O) groups is 1. The third-order valence-corrected chi connectivity index (χ3v) is 0.615. The number of hydrogen-bond donors (Lipinski definition) is 0. The standard InChI is InChI=1S/C6H6NO2.Rf/c1-3-9-6(8)5(2)4-7;/h1-3H2;/q-1;. The predicted molar refractivity (Wildman–Crippen MR) is 31.1 cm³/mol. The van der Waals surface area contributed by atoms with Crippen LogP contribution in [0.2, 0.25) is 0 Å². The molecule has 0 fully saturated rings. The maximum atomic E-state index is 10.4. The van der Waals surface area contributed by atoms with Crippen molar-refractivity contribution in [3.8, 4) is 6.07 Å². The van der Waals surface area contributed by atoms with E-state index in [4.69, 9.17) is 5.26 Å². The van der Waals surface area contributed by atoms with Gasteiger partial charge in [-0.2, -0.15) is 5.26 Å². The molecule has 0 bridgehead atoms. The van der Waals surface area contributed by atoms with E-state index >= 15 is 0 Å². The van der Waals surface area contributed by atoms with Crippen LogP contribution in [0.5, 0.6) is 0 Å². The van der Waals surface area contributed by atoms with Crippen molar-refractivity contribution in [2.45, 2.75) is 0 Å². The Labute approximate surface area is 53.5 Å². The van der Waals surface area contributed by atoms with E-state index in [1.54, 1.807) is 6.07 Å². The van der Waals surface area contributed by atoms with Gasteiger partial charge < -0.3 is 11.7 Å². The molecular formula is C6H6NO2Rf-. The van der Waals surface area contributed by atoms with Gasteiger partial charge in [0.2, 0.25) is 0 Å². The fourth-order valence-corrected chi connectivity index (χ4v) is 0.225. The molecule has 0 aromatic rings. The van der Waals surface area contributed by atoms with E-state index in [9.17, 15) is 4.79 Å². The van der Waals surface area contributed by atoms with Gasteiger partial charge in [-0.1, -0.05) is 6.58 Å². The molecule has 0 aliphatic carbocycles. The summed E-state index contributed by atoms with van der Waals surface area (Å²) < 4.78 is 4.32. The molecule has 50 valence electrons. The minimum atomic E-state index is -0.701. The van der Waals surface area contributed by atoms with Gasteiger partial charge in [0.05, 0.1) is 0 Å². The Balaban J connectivity index is 0. The van der Waals surface area contributed by atoms with Gasteiger partial charge in [0.1, 0.15) is 11.6 Å². The van der Waals surface area contributed by atoms with E-state index in [0.29, 0.717) is 0 Å². The molecule has 0 saturated carbocycles. The Kier molecular flexibility index (Phi) is 5.16. The van der Waals surface area contributed by atoms with Gasteiger partial charge in [-0.3, -0.25) is 0 Å². The SMILES string of the molecule is C=C(C#N)C(=O)OC[CH2-].[Rf]. The molecule has 0 atom stereocenters. The number of hydrogen-bond acceptors (Lipinski definition) is 3. The molecule has 4 heteroatoms. The van der Waals surface area contributed by atoms with Gasteiger partial charge in [0.15, 0.2) is 0 Å². The first kappa shape index (κ1) is 10.6. The molecule has 10 heavy (non-hydrogen) atoms. The molecule has 0 unspecified atom stereocenters. The maximum Gasteiger partial charge on any atom is 0.345 e. The summed E-state index contributed by atoms with van der Waals surface area (Å²) in [5.41, 5.74) is -0.196. The Morgan fingerprint density at radius 2 is 2.30 bits per heavy atom. The average Bonchev–Trinajstić information content (AvgIpc) is 1.87. The van der Waals surface area contributed by atoms with Gasteiger partial charge in [0.25, 0.3) is 0 Å². The van der Waals surface area contributed by atoms with Crippen LogP contribution in [-0.2, 0) is 9.53 Å². The van der Waals surface area contributed by atoms with Gasteiger partial charge in [0, 0.05) is 0 Å². The normalized spacial score (nSPS) is 6.80.